The summed E-state index contributed by atoms with van der Waals surface area (Å²) in [5.41, 5.74) is -0.173. The lowest BCUT2D eigenvalue weighted by atomic mass is 10.1. The lowest BCUT2D eigenvalue weighted by Gasteiger charge is -2.18. The maximum Gasteiger partial charge on any atom is 0.270 e. The van der Waals surface area contributed by atoms with Gasteiger partial charge in [0.05, 0.1) is 27.6 Å². The van der Waals surface area contributed by atoms with Gasteiger partial charge in [0.2, 0.25) is 0 Å². The van der Waals surface area contributed by atoms with Crippen LogP contribution in [-0.2, 0) is 16.6 Å². The molecule has 1 heterocycles. The molecule has 1 aromatic heterocycles. The molecule has 9 nitrogen and oxygen atoms in total. The molecule has 1 amide bonds. The monoisotopic (exact) mass is 493 g/mol. The average Bonchev–Trinajstić information content (AvgIpc) is 3.12. The number of non-ortho nitro benzene ring substituents is 1. The number of amides is 1. The minimum atomic E-state index is -4.16. The van der Waals surface area contributed by atoms with Gasteiger partial charge in [-0.1, -0.05) is 18.2 Å². The third-order valence-electron chi connectivity index (χ3n) is 4.11. The van der Waals surface area contributed by atoms with Crippen LogP contribution in [0.4, 0.5) is 11.4 Å². The minimum absolute atomic E-state index is 0.0569. The number of benzene rings is 2. The normalized spacial score (nSPS) is 11.1. The average molecular weight is 494 g/mol. The van der Waals surface area contributed by atoms with Gasteiger partial charge in [-0.3, -0.25) is 19.6 Å². The van der Waals surface area contributed by atoms with Crippen molar-refractivity contribution in [1.29, 1.82) is 0 Å². The number of rotatable bonds is 7. The number of hydrogen-bond donors (Lipinski definition) is 1. The van der Waals surface area contributed by atoms with Crippen LogP contribution in [0.15, 0.2) is 74.6 Å². The third-order valence-corrected chi connectivity index (χ3v) is 5.90. The van der Waals surface area contributed by atoms with E-state index in [0.29, 0.717) is 10.4 Å². The van der Waals surface area contributed by atoms with E-state index in [1.165, 1.54) is 35.2 Å². The van der Waals surface area contributed by atoms with Crippen molar-refractivity contribution in [2.45, 2.75) is 11.4 Å². The molecule has 156 valence electrons. The van der Waals surface area contributed by atoms with Crippen LogP contribution in [0.1, 0.15) is 16.1 Å². The van der Waals surface area contributed by atoms with E-state index in [2.05, 4.69) is 20.7 Å². The molecule has 0 unspecified atom stereocenters. The highest BCUT2D eigenvalue weighted by Gasteiger charge is 2.22. The van der Waals surface area contributed by atoms with Crippen molar-refractivity contribution in [2.24, 2.45) is 0 Å². The van der Waals surface area contributed by atoms with Gasteiger partial charge in [0.25, 0.3) is 21.6 Å². The van der Waals surface area contributed by atoms with Gasteiger partial charge in [-0.25, -0.2) is 8.42 Å². The quantitative estimate of drug-likeness (QED) is 0.391. The van der Waals surface area contributed by atoms with Crippen LogP contribution in [0.5, 0.6) is 0 Å². The summed E-state index contributed by atoms with van der Waals surface area (Å²) in [6, 6.07) is 14.2. The summed E-state index contributed by atoms with van der Waals surface area (Å²) in [6.45, 7) is 0.177. The second kappa shape index (κ2) is 8.67. The number of furan rings is 1. The molecule has 0 fully saturated rings. The Morgan fingerprint density at radius 2 is 1.90 bits per heavy atom. The van der Waals surface area contributed by atoms with Crippen LogP contribution in [0.25, 0.3) is 0 Å². The zero-order valence-corrected chi connectivity index (χ0v) is 18.0. The van der Waals surface area contributed by atoms with Crippen LogP contribution >= 0.6 is 15.9 Å². The molecular weight excluding hydrogens is 478 g/mol. The third kappa shape index (κ3) is 4.86. The first kappa shape index (κ1) is 21.5. The van der Waals surface area contributed by atoms with Gasteiger partial charge in [0, 0.05) is 19.2 Å². The van der Waals surface area contributed by atoms with Crippen LogP contribution in [-0.4, -0.2) is 31.2 Å². The summed E-state index contributed by atoms with van der Waals surface area (Å²) < 4.78 is 33.7. The van der Waals surface area contributed by atoms with E-state index in [9.17, 15) is 23.3 Å². The number of halogens is 1. The Labute approximate surface area is 180 Å². The molecule has 0 bridgehead atoms. The smallest absolute Gasteiger partial charge is 0.270 e. The van der Waals surface area contributed by atoms with E-state index >= 15 is 0 Å². The first-order chi connectivity index (χ1) is 14.2. The number of anilines is 1. The summed E-state index contributed by atoms with van der Waals surface area (Å²) in [5, 5.41) is 10.9. The zero-order valence-electron chi connectivity index (χ0n) is 15.6. The SMILES string of the molecule is CN(Cc1ccc(Br)o1)C(=O)c1ccccc1NS(=O)(=O)c1cccc([N+](=O)[O-])c1. The van der Waals surface area contributed by atoms with Gasteiger partial charge in [-0.05, 0) is 46.3 Å². The number of carbonyl (C=O) groups excluding carboxylic acids is 1. The van der Waals surface area contributed by atoms with Gasteiger partial charge >= 0.3 is 0 Å². The number of nitro groups is 1. The molecule has 0 aliphatic rings. The van der Waals surface area contributed by atoms with Crippen molar-refractivity contribution in [3.63, 3.8) is 0 Å². The van der Waals surface area contributed by atoms with E-state index < -0.39 is 20.9 Å². The summed E-state index contributed by atoms with van der Waals surface area (Å²) in [7, 11) is -2.60. The number of nitrogens with zero attached hydrogens (tertiary/aromatic N) is 2. The summed E-state index contributed by atoms with van der Waals surface area (Å²) in [6.07, 6.45) is 0. The van der Waals surface area contributed by atoms with E-state index in [-0.39, 0.29) is 28.4 Å². The highest BCUT2D eigenvalue weighted by molar-refractivity contribution is 9.10. The van der Waals surface area contributed by atoms with Crippen LogP contribution in [0, 0.1) is 10.1 Å². The zero-order chi connectivity index (χ0) is 21.9. The largest absolute Gasteiger partial charge is 0.452 e. The molecular formula is C19H16BrN3O6S. The maximum absolute atomic E-state index is 12.9. The van der Waals surface area contributed by atoms with E-state index in [1.54, 1.807) is 31.3 Å². The van der Waals surface area contributed by atoms with Gasteiger partial charge in [0.1, 0.15) is 5.76 Å². The molecule has 11 heteroatoms. The van der Waals surface area contributed by atoms with Crippen molar-refractivity contribution >= 4 is 43.2 Å². The molecule has 0 saturated carbocycles. The Hall–Kier alpha value is -3.18. The number of nitro benzene ring substituents is 1. The molecule has 0 aliphatic heterocycles. The van der Waals surface area contributed by atoms with E-state index in [4.69, 9.17) is 4.42 Å². The Morgan fingerprint density at radius 3 is 2.57 bits per heavy atom. The first-order valence-corrected chi connectivity index (χ1v) is 10.8. The first-order valence-electron chi connectivity index (χ1n) is 8.53. The molecule has 0 radical (unpaired) electrons. The van der Waals surface area contributed by atoms with E-state index in [0.717, 1.165) is 6.07 Å². The maximum atomic E-state index is 12.9. The lowest BCUT2D eigenvalue weighted by Crippen LogP contribution is -2.27. The van der Waals surface area contributed by atoms with Crippen molar-refractivity contribution < 1.29 is 22.6 Å². The predicted octanol–water partition coefficient (Wildman–Crippen LogP) is 4.02. The van der Waals surface area contributed by atoms with Gasteiger partial charge in [0.15, 0.2) is 4.67 Å². The number of hydrogen-bond acceptors (Lipinski definition) is 6. The highest BCUT2D eigenvalue weighted by atomic mass is 79.9. The fourth-order valence-corrected chi connectivity index (χ4v) is 4.13. The standard InChI is InChI=1S/C19H16BrN3O6S/c1-22(12-14-9-10-18(20)29-14)19(24)16-7-2-3-8-17(16)21-30(27,28)15-6-4-5-13(11-15)23(25)26/h2-11,21H,12H2,1H3. The Bertz CT molecular complexity index is 1210. The highest BCUT2D eigenvalue weighted by Crippen LogP contribution is 2.24. The number of sulfonamides is 1. The summed E-state index contributed by atoms with van der Waals surface area (Å²) >= 11 is 3.20. The van der Waals surface area contributed by atoms with E-state index in [1.807, 2.05) is 0 Å². The van der Waals surface area contributed by atoms with Gasteiger partial charge in [-0.2, -0.15) is 0 Å². The van der Waals surface area contributed by atoms with Crippen molar-refractivity contribution in [2.75, 3.05) is 11.8 Å². The molecule has 0 atom stereocenters. The van der Waals surface area contributed by atoms with Crippen LogP contribution in [0.3, 0.4) is 0 Å². The number of nitrogens with one attached hydrogen (secondary N) is 1. The van der Waals surface area contributed by atoms with Crippen LogP contribution < -0.4 is 4.72 Å². The fraction of sp³-hybridized carbons (Fsp3) is 0.105. The predicted molar refractivity (Wildman–Crippen MR) is 113 cm³/mol. The fourth-order valence-electron chi connectivity index (χ4n) is 2.67. The molecule has 2 aromatic carbocycles. The second-order valence-corrected chi connectivity index (χ2v) is 8.74. The molecule has 30 heavy (non-hydrogen) atoms. The molecule has 1 N–H and O–H groups in total. The van der Waals surface area contributed by atoms with Gasteiger partial charge in [-0.15, -0.1) is 0 Å². The lowest BCUT2D eigenvalue weighted by molar-refractivity contribution is -0.385. The molecule has 0 aliphatic carbocycles. The summed E-state index contributed by atoms with van der Waals surface area (Å²) in [5.74, 6) is 0.118. The van der Waals surface area contributed by atoms with Gasteiger partial charge < -0.3 is 9.32 Å². The van der Waals surface area contributed by atoms with Crippen molar-refractivity contribution in [3.8, 4) is 0 Å². The molecule has 3 rings (SSSR count). The topological polar surface area (TPSA) is 123 Å². The Balaban J connectivity index is 1.86. The van der Waals surface area contributed by atoms with Crippen molar-refractivity contribution in [3.05, 3.63) is 86.8 Å². The molecule has 0 saturated heterocycles. The molecule has 3 aromatic rings. The summed E-state index contributed by atoms with van der Waals surface area (Å²) in [4.78, 5) is 24.2. The second-order valence-electron chi connectivity index (χ2n) is 6.27. The van der Waals surface area contributed by atoms with Crippen LogP contribution in [0.2, 0.25) is 0 Å². The Morgan fingerprint density at radius 1 is 1.17 bits per heavy atom. The van der Waals surface area contributed by atoms with Crippen molar-refractivity contribution in [1.82, 2.24) is 4.90 Å². The molecule has 0 spiro atoms. The number of carbonyl (C=O) groups is 1. The Kier molecular flexibility index (Phi) is 6.22. The minimum Gasteiger partial charge on any atom is -0.452 e. The number of para-hydroxylation sites is 1.